The van der Waals surface area contributed by atoms with Crippen molar-refractivity contribution in [3.63, 3.8) is 0 Å². The Hall–Kier alpha value is -2.51. The fraction of sp³-hybridized carbons (Fsp3) is 0.458. The molecule has 1 saturated heterocycles. The van der Waals surface area contributed by atoms with Gasteiger partial charge in [-0.15, -0.1) is 11.3 Å². The molecular weight excluding hydrogens is 410 g/mol. The smallest absolute Gasteiger partial charge is 0.338 e. The Morgan fingerprint density at radius 1 is 1.13 bits per heavy atom. The summed E-state index contributed by atoms with van der Waals surface area (Å²) < 4.78 is 7.01. The number of rotatable bonds is 7. The normalized spacial score (nSPS) is 14.4. The average Bonchev–Trinajstić information content (AvgIpc) is 3.37. The van der Waals surface area contributed by atoms with Gasteiger partial charge in [-0.25, -0.2) is 9.78 Å². The molecular formula is C24H29N3O3S. The summed E-state index contributed by atoms with van der Waals surface area (Å²) in [7, 11) is 0. The van der Waals surface area contributed by atoms with Crippen molar-refractivity contribution < 1.29 is 9.53 Å². The van der Waals surface area contributed by atoms with Crippen LogP contribution in [-0.4, -0.2) is 40.1 Å². The second-order valence-electron chi connectivity index (χ2n) is 8.20. The first-order valence-corrected chi connectivity index (χ1v) is 11.8. The van der Waals surface area contributed by atoms with Gasteiger partial charge in [-0.05, 0) is 69.5 Å². The van der Waals surface area contributed by atoms with Crippen LogP contribution in [0.4, 0.5) is 0 Å². The molecule has 3 aromatic rings. The van der Waals surface area contributed by atoms with Crippen LogP contribution < -0.4 is 5.56 Å². The van der Waals surface area contributed by atoms with Gasteiger partial charge in [0.25, 0.3) is 5.56 Å². The number of ether oxygens (including phenoxy) is 1. The molecule has 0 aliphatic carbocycles. The molecule has 0 radical (unpaired) electrons. The molecule has 0 saturated carbocycles. The number of carbonyl (C=O) groups excluding carboxylic acids is 1. The summed E-state index contributed by atoms with van der Waals surface area (Å²) in [6.07, 6.45) is 3.18. The highest BCUT2D eigenvalue weighted by Gasteiger charge is 2.20. The summed E-state index contributed by atoms with van der Waals surface area (Å²) in [5, 5.41) is 0.729. The summed E-state index contributed by atoms with van der Waals surface area (Å²) in [4.78, 5) is 34.8. The molecule has 0 spiro atoms. The van der Waals surface area contributed by atoms with Crippen LogP contribution >= 0.6 is 11.3 Å². The number of aryl methyl sites for hydroxylation is 2. The van der Waals surface area contributed by atoms with Crippen molar-refractivity contribution in [2.24, 2.45) is 0 Å². The number of hydrogen-bond donors (Lipinski definition) is 0. The number of benzene rings is 1. The van der Waals surface area contributed by atoms with Gasteiger partial charge in [-0.3, -0.25) is 14.3 Å². The number of fused-ring (bicyclic) bond motifs is 1. The summed E-state index contributed by atoms with van der Waals surface area (Å²) in [5.41, 5.74) is 2.53. The van der Waals surface area contributed by atoms with E-state index in [2.05, 4.69) is 4.90 Å². The average molecular weight is 440 g/mol. The van der Waals surface area contributed by atoms with Crippen molar-refractivity contribution >= 4 is 27.5 Å². The van der Waals surface area contributed by atoms with Gasteiger partial charge in [0, 0.05) is 4.88 Å². The molecule has 0 bridgehead atoms. The van der Waals surface area contributed by atoms with E-state index in [4.69, 9.17) is 9.72 Å². The van der Waals surface area contributed by atoms with E-state index in [0.717, 1.165) is 51.6 Å². The molecule has 7 heteroatoms. The second-order valence-corrected chi connectivity index (χ2v) is 9.40. The van der Waals surface area contributed by atoms with Crippen LogP contribution in [0.2, 0.25) is 0 Å². The molecule has 4 rings (SSSR count). The maximum Gasteiger partial charge on any atom is 0.338 e. The van der Waals surface area contributed by atoms with Crippen LogP contribution in [0.25, 0.3) is 10.2 Å². The number of carbonyl (C=O) groups is 1. The highest BCUT2D eigenvalue weighted by molar-refractivity contribution is 7.18. The highest BCUT2D eigenvalue weighted by Crippen LogP contribution is 2.27. The first kappa shape index (κ1) is 21.7. The van der Waals surface area contributed by atoms with E-state index in [1.54, 1.807) is 23.5 Å². The largest absolute Gasteiger partial charge is 0.462 e. The van der Waals surface area contributed by atoms with Crippen LogP contribution in [0.1, 0.15) is 58.4 Å². The minimum Gasteiger partial charge on any atom is -0.462 e. The Labute approximate surface area is 186 Å². The first-order valence-electron chi connectivity index (χ1n) is 11.0. The van der Waals surface area contributed by atoms with Crippen LogP contribution in [0, 0.1) is 13.8 Å². The third-order valence-corrected chi connectivity index (χ3v) is 7.00. The van der Waals surface area contributed by atoms with Gasteiger partial charge in [0.05, 0.1) is 30.6 Å². The van der Waals surface area contributed by atoms with Gasteiger partial charge < -0.3 is 4.74 Å². The first-order chi connectivity index (χ1) is 15.0. The lowest BCUT2D eigenvalue weighted by atomic mass is 10.1. The van der Waals surface area contributed by atoms with Crippen molar-refractivity contribution in [3.05, 3.63) is 62.0 Å². The maximum absolute atomic E-state index is 13.5. The zero-order valence-corrected chi connectivity index (χ0v) is 19.3. The van der Waals surface area contributed by atoms with Crippen LogP contribution in [-0.2, 0) is 17.8 Å². The lowest BCUT2D eigenvalue weighted by Gasteiger charge is -2.18. The predicted molar refractivity (Wildman–Crippen MR) is 124 cm³/mol. The van der Waals surface area contributed by atoms with E-state index in [0.29, 0.717) is 25.3 Å². The molecule has 1 aromatic carbocycles. The zero-order chi connectivity index (χ0) is 22.0. The van der Waals surface area contributed by atoms with E-state index in [-0.39, 0.29) is 11.5 Å². The van der Waals surface area contributed by atoms with E-state index < -0.39 is 0 Å². The molecule has 0 atom stereocenters. The molecule has 0 N–H and O–H groups in total. The molecule has 1 aliphatic rings. The van der Waals surface area contributed by atoms with Gasteiger partial charge in [-0.1, -0.05) is 19.1 Å². The van der Waals surface area contributed by atoms with Gasteiger partial charge in [0.2, 0.25) is 0 Å². The number of esters is 1. The predicted octanol–water partition coefficient (Wildman–Crippen LogP) is 4.29. The standard InChI is InChI=1S/C24H29N3O3S/c1-4-13-30-24(29)19-9-7-18(8-10-19)14-27-20(15-26-11-5-6-12-26)25-22-21(23(27)28)16(2)17(3)31-22/h7-10H,4-6,11-15H2,1-3H3. The van der Waals surface area contributed by atoms with Crippen LogP contribution in [0.3, 0.4) is 0 Å². The Morgan fingerprint density at radius 3 is 2.52 bits per heavy atom. The van der Waals surface area contributed by atoms with Crippen molar-refractivity contribution in [1.29, 1.82) is 0 Å². The summed E-state index contributed by atoms with van der Waals surface area (Å²) in [6.45, 7) is 9.64. The number of thiophene rings is 1. The Morgan fingerprint density at radius 2 is 1.84 bits per heavy atom. The number of aromatic nitrogens is 2. The second kappa shape index (κ2) is 9.32. The zero-order valence-electron chi connectivity index (χ0n) is 18.4. The van der Waals surface area contributed by atoms with Crippen molar-refractivity contribution in [2.45, 2.75) is 53.1 Å². The molecule has 164 valence electrons. The lowest BCUT2D eigenvalue weighted by Crippen LogP contribution is -2.30. The van der Waals surface area contributed by atoms with E-state index >= 15 is 0 Å². The van der Waals surface area contributed by atoms with Crippen LogP contribution in [0.5, 0.6) is 0 Å². The van der Waals surface area contributed by atoms with Crippen molar-refractivity contribution in [2.75, 3.05) is 19.7 Å². The van der Waals surface area contributed by atoms with E-state index in [9.17, 15) is 9.59 Å². The fourth-order valence-corrected chi connectivity index (χ4v) is 5.04. The van der Waals surface area contributed by atoms with Crippen molar-refractivity contribution in [1.82, 2.24) is 14.5 Å². The molecule has 0 unspecified atom stereocenters. The molecule has 1 aliphatic heterocycles. The van der Waals surface area contributed by atoms with Crippen LogP contribution in [0.15, 0.2) is 29.1 Å². The van der Waals surface area contributed by atoms with Crippen molar-refractivity contribution in [3.8, 4) is 0 Å². The SMILES string of the molecule is CCCOC(=O)c1ccc(Cn2c(CN3CCCC3)nc3sc(C)c(C)c3c2=O)cc1. The number of likely N-dealkylation sites (tertiary alicyclic amines) is 1. The highest BCUT2D eigenvalue weighted by atomic mass is 32.1. The summed E-state index contributed by atoms with van der Waals surface area (Å²) in [5.74, 6) is 0.500. The lowest BCUT2D eigenvalue weighted by molar-refractivity contribution is 0.0505. The molecule has 1 fully saturated rings. The molecule has 31 heavy (non-hydrogen) atoms. The quantitative estimate of drug-likeness (QED) is 0.514. The summed E-state index contributed by atoms with van der Waals surface area (Å²) in [6, 6.07) is 7.32. The third kappa shape index (κ3) is 4.57. The Kier molecular flexibility index (Phi) is 6.53. The monoisotopic (exact) mass is 439 g/mol. The summed E-state index contributed by atoms with van der Waals surface area (Å²) >= 11 is 1.60. The molecule has 6 nitrogen and oxygen atoms in total. The van der Waals surface area contributed by atoms with Gasteiger partial charge >= 0.3 is 5.97 Å². The van der Waals surface area contributed by atoms with Gasteiger partial charge in [0.15, 0.2) is 0 Å². The molecule has 3 heterocycles. The van der Waals surface area contributed by atoms with E-state index in [1.165, 1.54) is 12.8 Å². The minimum atomic E-state index is -0.312. The van der Waals surface area contributed by atoms with Gasteiger partial charge in [0.1, 0.15) is 10.7 Å². The fourth-order valence-electron chi connectivity index (χ4n) is 4.00. The van der Waals surface area contributed by atoms with Gasteiger partial charge in [-0.2, -0.15) is 0 Å². The maximum atomic E-state index is 13.5. The third-order valence-electron chi connectivity index (χ3n) is 5.90. The Balaban J connectivity index is 1.68. The Bertz CT molecular complexity index is 1140. The number of nitrogens with zero attached hydrogens (tertiary/aromatic N) is 3. The molecule has 0 amide bonds. The van der Waals surface area contributed by atoms with E-state index in [1.807, 2.05) is 37.5 Å². The minimum absolute atomic E-state index is 0.0208. The molecule has 2 aromatic heterocycles. The number of hydrogen-bond acceptors (Lipinski definition) is 6. The topological polar surface area (TPSA) is 64.4 Å².